The van der Waals surface area contributed by atoms with Gasteiger partial charge in [0.15, 0.2) is 12.4 Å². The number of hydrogen-bond acceptors (Lipinski definition) is 3. The molecule has 1 aromatic rings. The van der Waals surface area contributed by atoms with Crippen molar-refractivity contribution in [3.63, 3.8) is 0 Å². The van der Waals surface area contributed by atoms with Gasteiger partial charge in [-0.1, -0.05) is 13.8 Å². The first-order chi connectivity index (χ1) is 8.17. The van der Waals surface area contributed by atoms with Crippen molar-refractivity contribution in [2.75, 3.05) is 26.2 Å². The summed E-state index contributed by atoms with van der Waals surface area (Å²) in [5.74, 6) is -0.141. The van der Waals surface area contributed by atoms with E-state index < -0.39 is 0 Å². The van der Waals surface area contributed by atoms with Gasteiger partial charge in [-0.2, -0.15) is 4.73 Å². The summed E-state index contributed by atoms with van der Waals surface area (Å²) in [5.41, 5.74) is 0.511. The number of carbonyl (C=O) groups excluding carboxylic acids is 1. The van der Waals surface area contributed by atoms with Crippen LogP contribution in [0.25, 0.3) is 0 Å². The van der Waals surface area contributed by atoms with Crippen LogP contribution in [0.15, 0.2) is 24.5 Å². The number of nitrogens with zero attached hydrogens (tertiary/aromatic N) is 2. The molecule has 0 bridgehead atoms. The van der Waals surface area contributed by atoms with E-state index in [2.05, 4.69) is 24.1 Å². The van der Waals surface area contributed by atoms with Crippen LogP contribution in [0.3, 0.4) is 0 Å². The number of amides is 1. The Labute approximate surface area is 102 Å². The van der Waals surface area contributed by atoms with Crippen molar-refractivity contribution in [3.8, 4) is 0 Å². The van der Waals surface area contributed by atoms with Crippen molar-refractivity contribution in [3.05, 3.63) is 35.3 Å². The van der Waals surface area contributed by atoms with Crippen molar-refractivity contribution in [1.82, 2.24) is 10.2 Å². The molecule has 0 aromatic carbocycles. The molecule has 0 aliphatic heterocycles. The summed E-state index contributed by atoms with van der Waals surface area (Å²) >= 11 is 0. The molecule has 1 rings (SSSR count). The first-order valence-electron chi connectivity index (χ1n) is 5.86. The second-order valence-corrected chi connectivity index (χ2v) is 3.73. The third kappa shape index (κ3) is 4.40. The molecule has 1 heterocycles. The molecule has 0 fully saturated rings. The maximum atomic E-state index is 11.7. The number of pyridine rings is 1. The number of aromatic nitrogens is 1. The molecule has 0 radical (unpaired) electrons. The largest absolute Gasteiger partial charge is 0.619 e. The van der Waals surface area contributed by atoms with Crippen LogP contribution in [0.1, 0.15) is 24.2 Å². The fourth-order valence-corrected chi connectivity index (χ4v) is 1.53. The Bertz CT molecular complexity index is 347. The predicted octanol–water partition coefficient (Wildman–Crippen LogP) is 0.392. The highest BCUT2D eigenvalue weighted by atomic mass is 16.5. The van der Waals surface area contributed by atoms with Crippen LogP contribution in [0, 0.1) is 5.21 Å². The van der Waals surface area contributed by atoms with Crippen molar-refractivity contribution >= 4 is 5.91 Å². The lowest BCUT2D eigenvalue weighted by atomic mass is 10.2. The Morgan fingerprint density at radius 3 is 2.47 bits per heavy atom. The Balaban J connectivity index is 2.37. The quantitative estimate of drug-likeness (QED) is 0.575. The van der Waals surface area contributed by atoms with Gasteiger partial charge in [-0.05, 0) is 13.1 Å². The van der Waals surface area contributed by atoms with Gasteiger partial charge in [0.2, 0.25) is 0 Å². The van der Waals surface area contributed by atoms with Gasteiger partial charge in [-0.25, -0.2) is 0 Å². The van der Waals surface area contributed by atoms with Crippen molar-refractivity contribution in [2.45, 2.75) is 13.8 Å². The zero-order valence-electron chi connectivity index (χ0n) is 10.3. The fourth-order valence-electron chi connectivity index (χ4n) is 1.53. The minimum atomic E-state index is -0.141. The topological polar surface area (TPSA) is 59.3 Å². The maximum absolute atomic E-state index is 11.7. The van der Waals surface area contributed by atoms with Crippen LogP contribution in [0.2, 0.25) is 0 Å². The van der Waals surface area contributed by atoms with Crippen LogP contribution in [0.5, 0.6) is 0 Å². The lowest BCUT2D eigenvalue weighted by molar-refractivity contribution is -0.605. The molecule has 0 aliphatic carbocycles. The van der Waals surface area contributed by atoms with Gasteiger partial charge >= 0.3 is 0 Å². The van der Waals surface area contributed by atoms with Crippen LogP contribution in [-0.2, 0) is 0 Å². The molecule has 0 saturated heterocycles. The highest BCUT2D eigenvalue weighted by Crippen LogP contribution is 1.94. The van der Waals surface area contributed by atoms with Gasteiger partial charge < -0.3 is 15.4 Å². The Kier molecular flexibility index (Phi) is 5.42. The van der Waals surface area contributed by atoms with E-state index in [0.29, 0.717) is 16.8 Å². The van der Waals surface area contributed by atoms with Crippen LogP contribution < -0.4 is 10.0 Å². The summed E-state index contributed by atoms with van der Waals surface area (Å²) in [6, 6.07) is 3.03. The number of likely N-dealkylation sites (N-methyl/N-ethyl adjacent to an activating group) is 1. The van der Waals surface area contributed by atoms with Gasteiger partial charge in [-0.15, -0.1) is 0 Å². The van der Waals surface area contributed by atoms with E-state index in [9.17, 15) is 10.0 Å². The molecule has 5 nitrogen and oxygen atoms in total. The van der Waals surface area contributed by atoms with E-state index in [1.165, 1.54) is 24.5 Å². The smallest absolute Gasteiger partial charge is 0.251 e. The van der Waals surface area contributed by atoms with Gasteiger partial charge in [0.25, 0.3) is 5.91 Å². The van der Waals surface area contributed by atoms with Crippen LogP contribution in [0.4, 0.5) is 0 Å². The SMILES string of the molecule is CCN(CC)CCNC(=O)c1cc[n+]([O-])cc1. The highest BCUT2D eigenvalue weighted by Gasteiger charge is 2.06. The molecule has 5 heteroatoms. The minimum Gasteiger partial charge on any atom is -0.619 e. The zero-order valence-corrected chi connectivity index (χ0v) is 10.3. The highest BCUT2D eigenvalue weighted by molar-refractivity contribution is 5.93. The summed E-state index contributed by atoms with van der Waals surface area (Å²) < 4.78 is 0.659. The third-order valence-electron chi connectivity index (χ3n) is 2.67. The van der Waals surface area contributed by atoms with Crippen molar-refractivity contribution in [1.29, 1.82) is 0 Å². The lowest BCUT2D eigenvalue weighted by Gasteiger charge is -2.17. The molecule has 1 amide bonds. The summed E-state index contributed by atoms with van der Waals surface area (Å²) in [7, 11) is 0. The Morgan fingerprint density at radius 1 is 1.35 bits per heavy atom. The van der Waals surface area contributed by atoms with Crippen LogP contribution >= 0.6 is 0 Å². The van der Waals surface area contributed by atoms with Crippen molar-refractivity contribution in [2.24, 2.45) is 0 Å². The van der Waals surface area contributed by atoms with Crippen LogP contribution in [-0.4, -0.2) is 37.0 Å². The molecule has 1 aromatic heterocycles. The Morgan fingerprint density at radius 2 is 1.94 bits per heavy atom. The molecule has 0 atom stereocenters. The molecule has 94 valence electrons. The second kappa shape index (κ2) is 6.85. The average molecular weight is 237 g/mol. The molecular formula is C12H19N3O2. The summed E-state index contributed by atoms with van der Waals surface area (Å²) in [5, 5.41) is 13.6. The number of hydrogen-bond donors (Lipinski definition) is 1. The molecule has 17 heavy (non-hydrogen) atoms. The predicted molar refractivity (Wildman–Crippen MR) is 65.5 cm³/mol. The zero-order chi connectivity index (χ0) is 12.7. The average Bonchev–Trinajstić information content (AvgIpc) is 2.35. The van der Waals surface area contributed by atoms with Gasteiger partial charge in [0, 0.05) is 25.2 Å². The lowest BCUT2D eigenvalue weighted by Crippen LogP contribution is -2.35. The summed E-state index contributed by atoms with van der Waals surface area (Å²) in [4.78, 5) is 13.9. The molecule has 0 spiro atoms. The summed E-state index contributed by atoms with van der Waals surface area (Å²) in [6.07, 6.45) is 2.64. The fraction of sp³-hybridized carbons (Fsp3) is 0.500. The monoisotopic (exact) mass is 237 g/mol. The standard InChI is InChI=1S/C12H19N3O2/c1-3-14(4-2)10-7-13-12(16)11-5-8-15(17)9-6-11/h5-6,8-9H,3-4,7,10H2,1-2H3,(H,13,16). The molecule has 0 saturated carbocycles. The number of nitrogens with one attached hydrogen (secondary N) is 1. The number of carbonyl (C=O) groups is 1. The minimum absolute atomic E-state index is 0.141. The van der Waals surface area contributed by atoms with E-state index in [-0.39, 0.29) is 5.91 Å². The molecule has 0 aliphatic rings. The second-order valence-electron chi connectivity index (χ2n) is 3.73. The van der Waals surface area contributed by atoms with Gasteiger partial charge in [0.1, 0.15) is 0 Å². The first kappa shape index (κ1) is 13.4. The van der Waals surface area contributed by atoms with E-state index in [0.717, 1.165) is 19.6 Å². The number of rotatable bonds is 6. The third-order valence-corrected chi connectivity index (χ3v) is 2.67. The van der Waals surface area contributed by atoms with Gasteiger partial charge in [-0.3, -0.25) is 4.79 Å². The van der Waals surface area contributed by atoms with E-state index in [1.54, 1.807) is 0 Å². The normalized spacial score (nSPS) is 10.5. The van der Waals surface area contributed by atoms with Gasteiger partial charge in [0.05, 0.1) is 5.56 Å². The Hall–Kier alpha value is -1.62. The molecular weight excluding hydrogens is 218 g/mol. The van der Waals surface area contributed by atoms with E-state index >= 15 is 0 Å². The maximum Gasteiger partial charge on any atom is 0.251 e. The van der Waals surface area contributed by atoms with E-state index in [4.69, 9.17) is 0 Å². The van der Waals surface area contributed by atoms with E-state index in [1.807, 2.05) is 0 Å². The summed E-state index contributed by atoms with van der Waals surface area (Å²) in [6.45, 7) is 7.60. The molecule has 1 N–H and O–H groups in total. The van der Waals surface area contributed by atoms with Crippen molar-refractivity contribution < 1.29 is 9.52 Å². The first-order valence-corrected chi connectivity index (χ1v) is 5.86. The molecule has 0 unspecified atom stereocenters.